The average molecular weight is 628 g/mol. The van der Waals surface area contributed by atoms with Crippen LogP contribution in [0.5, 0.6) is 5.75 Å². The van der Waals surface area contributed by atoms with Gasteiger partial charge in [0.2, 0.25) is 0 Å². The lowest BCUT2D eigenvalue weighted by Crippen LogP contribution is -2.29. The Morgan fingerprint density at radius 1 is 0.875 bits per heavy atom. The summed E-state index contributed by atoms with van der Waals surface area (Å²) in [4.78, 5) is 26.2. The SMILES string of the molecule is CC.CC.Cc1cc2c(-c3c(Cl)c(Cl)c(Cl)c(Cl)c3C(=O)NCCN)c3cc(C)c(=O)c(C)c-3oc2c(C)c1O. The van der Waals surface area contributed by atoms with E-state index < -0.39 is 5.91 Å². The Morgan fingerprint density at radius 3 is 2.02 bits per heavy atom. The van der Waals surface area contributed by atoms with Crippen LogP contribution in [0.3, 0.4) is 0 Å². The Balaban J connectivity index is 0.00000134. The van der Waals surface area contributed by atoms with Crippen LogP contribution in [-0.4, -0.2) is 24.1 Å². The molecular weight excluding hydrogens is 594 g/mol. The zero-order valence-electron chi connectivity index (χ0n) is 23.8. The van der Waals surface area contributed by atoms with Crippen molar-refractivity contribution in [3.63, 3.8) is 0 Å². The molecule has 6 nitrogen and oxygen atoms in total. The van der Waals surface area contributed by atoms with Crippen LogP contribution in [0.15, 0.2) is 21.3 Å². The number of nitrogens with two attached hydrogens (primary N) is 1. The van der Waals surface area contributed by atoms with E-state index in [2.05, 4.69) is 5.32 Å². The Kier molecular flexibility index (Phi) is 11.7. The molecular formula is C30H34Cl4N2O4. The lowest BCUT2D eigenvalue weighted by atomic mass is 9.87. The predicted octanol–water partition coefficient (Wildman–Crippen LogP) is 8.86. The predicted molar refractivity (Wildman–Crippen MR) is 169 cm³/mol. The molecule has 0 unspecified atom stereocenters. The zero-order valence-corrected chi connectivity index (χ0v) is 26.9. The van der Waals surface area contributed by atoms with Gasteiger partial charge in [0.15, 0.2) is 5.43 Å². The van der Waals surface area contributed by atoms with E-state index in [1.54, 1.807) is 39.8 Å². The maximum absolute atomic E-state index is 13.4. The van der Waals surface area contributed by atoms with Crippen molar-refractivity contribution in [2.24, 2.45) is 5.73 Å². The third-order valence-electron chi connectivity index (χ3n) is 6.24. The minimum absolute atomic E-state index is 0.00246. The number of halogens is 4. The van der Waals surface area contributed by atoms with Gasteiger partial charge in [0.1, 0.15) is 17.1 Å². The molecule has 0 saturated carbocycles. The Bertz CT molecular complexity index is 1610. The second-order valence-corrected chi connectivity index (χ2v) is 10.1. The van der Waals surface area contributed by atoms with Crippen molar-refractivity contribution < 1.29 is 14.3 Å². The Labute approximate surface area is 254 Å². The Hall–Kier alpha value is -2.48. The van der Waals surface area contributed by atoms with Crippen LogP contribution in [0, 0.1) is 27.7 Å². The van der Waals surface area contributed by atoms with Crippen molar-refractivity contribution in [3.8, 4) is 28.2 Å². The number of aromatic hydroxyl groups is 1. The summed E-state index contributed by atoms with van der Waals surface area (Å²) in [7, 11) is 0. The van der Waals surface area contributed by atoms with Crippen LogP contribution in [0.4, 0.5) is 0 Å². The van der Waals surface area contributed by atoms with Crippen molar-refractivity contribution in [3.05, 3.63) is 70.3 Å². The molecule has 1 amide bonds. The van der Waals surface area contributed by atoms with Crippen molar-refractivity contribution in [1.82, 2.24) is 5.32 Å². The third-order valence-corrected chi connectivity index (χ3v) is 8.04. The highest BCUT2D eigenvalue weighted by molar-refractivity contribution is 6.54. The molecule has 4 N–H and O–H groups in total. The number of rotatable bonds is 4. The first-order valence-electron chi connectivity index (χ1n) is 13.0. The summed E-state index contributed by atoms with van der Waals surface area (Å²) in [5.74, 6) is -0.224. The number of carbonyl (C=O) groups is 1. The van der Waals surface area contributed by atoms with Gasteiger partial charge in [0.05, 0.1) is 25.7 Å². The van der Waals surface area contributed by atoms with E-state index in [4.69, 9.17) is 56.6 Å². The molecule has 216 valence electrons. The topological polar surface area (TPSA) is 106 Å². The first kappa shape index (κ1) is 33.7. The summed E-state index contributed by atoms with van der Waals surface area (Å²) < 4.78 is 6.22. The zero-order chi connectivity index (χ0) is 30.6. The van der Waals surface area contributed by atoms with E-state index in [9.17, 15) is 14.7 Å². The summed E-state index contributed by atoms with van der Waals surface area (Å²) in [5.41, 5.74) is 8.78. The maximum Gasteiger partial charge on any atom is 0.253 e. The number of amides is 1. The minimum Gasteiger partial charge on any atom is -0.507 e. The van der Waals surface area contributed by atoms with Crippen LogP contribution >= 0.6 is 46.4 Å². The monoisotopic (exact) mass is 626 g/mol. The highest BCUT2D eigenvalue weighted by atomic mass is 35.5. The highest BCUT2D eigenvalue weighted by Gasteiger charge is 2.31. The van der Waals surface area contributed by atoms with Gasteiger partial charge in [-0.15, -0.1) is 0 Å². The normalized spacial score (nSPS) is 10.6. The molecule has 1 aliphatic heterocycles. The fourth-order valence-corrected chi connectivity index (χ4v) is 5.44. The summed E-state index contributed by atoms with van der Waals surface area (Å²) in [6.07, 6.45) is 0. The number of carbonyl (C=O) groups excluding carboxylic acids is 1. The van der Waals surface area contributed by atoms with Crippen LogP contribution in [0.2, 0.25) is 20.1 Å². The van der Waals surface area contributed by atoms with Gasteiger partial charge in [-0.25, -0.2) is 0 Å². The van der Waals surface area contributed by atoms with E-state index in [1.165, 1.54) is 0 Å². The first-order valence-corrected chi connectivity index (χ1v) is 14.5. The van der Waals surface area contributed by atoms with E-state index in [0.717, 1.165) is 0 Å². The number of phenolic OH excluding ortho intramolecular Hbond substituents is 1. The highest BCUT2D eigenvalue weighted by Crippen LogP contribution is 2.52. The van der Waals surface area contributed by atoms with E-state index in [1.807, 2.05) is 27.7 Å². The number of nitrogens with one attached hydrogen (secondary N) is 1. The number of hydrogen-bond donors (Lipinski definition) is 3. The lowest BCUT2D eigenvalue weighted by molar-refractivity contribution is 0.0955. The van der Waals surface area contributed by atoms with Crippen molar-refractivity contribution in [2.75, 3.05) is 13.1 Å². The van der Waals surface area contributed by atoms with Gasteiger partial charge in [0.25, 0.3) is 5.91 Å². The summed E-state index contributed by atoms with van der Waals surface area (Å²) in [6.45, 7) is 15.2. The quantitative estimate of drug-likeness (QED) is 0.119. The minimum atomic E-state index is -0.552. The van der Waals surface area contributed by atoms with Gasteiger partial charge in [-0.1, -0.05) is 74.1 Å². The molecule has 2 aromatic carbocycles. The Morgan fingerprint density at radius 2 is 1.45 bits per heavy atom. The number of fused-ring (bicyclic) bond motifs is 2. The third kappa shape index (κ3) is 5.79. The van der Waals surface area contributed by atoms with Gasteiger partial charge in [-0.05, 0) is 51.0 Å². The van der Waals surface area contributed by atoms with Gasteiger partial charge in [-0.2, -0.15) is 0 Å². The molecule has 0 bridgehead atoms. The molecule has 0 radical (unpaired) electrons. The van der Waals surface area contributed by atoms with Gasteiger partial charge >= 0.3 is 0 Å². The van der Waals surface area contributed by atoms with E-state index >= 15 is 0 Å². The summed E-state index contributed by atoms with van der Waals surface area (Å²) in [6, 6.07) is 3.40. The van der Waals surface area contributed by atoms with Gasteiger partial charge in [0, 0.05) is 46.3 Å². The van der Waals surface area contributed by atoms with Crippen LogP contribution in [0.25, 0.3) is 33.4 Å². The van der Waals surface area contributed by atoms with Crippen LogP contribution in [-0.2, 0) is 0 Å². The largest absolute Gasteiger partial charge is 0.507 e. The maximum atomic E-state index is 13.4. The fraction of sp³-hybridized carbons (Fsp3) is 0.333. The van der Waals surface area contributed by atoms with E-state index in [0.29, 0.717) is 44.3 Å². The molecule has 40 heavy (non-hydrogen) atoms. The number of phenols is 1. The molecule has 0 saturated heterocycles. The molecule has 0 atom stereocenters. The molecule has 0 aromatic heterocycles. The van der Waals surface area contributed by atoms with Crippen molar-refractivity contribution in [2.45, 2.75) is 55.4 Å². The second kappa shape index (κ2) is 13.9. The average Bonchev–Trinajstić information content (AvgIpc) is 2.96. The lowest BCUT2D eigenvalue weighted by Gasteiger charge is -2.23. The fourth-order valence-electron chi connectivity index (χ4n) is 4.41. The van der Waals surface area contributed by atoms with E-state index in [-0.39, 0.29) is 61.2 Å². The summed E-state index contributed by atoms with van der Waals surface area (Å²) >= 11 is 26.2. The molecule has 0 spiro atoms. The molecule has 2 aliphatic rings. The standard InChI is InChI=1S/C26H22Cl4N2O4.2C2H6/c1-9-7-13-15(16-17(26(35)32-6-5-31)19(28)21(30)20(29)18(16)27)14-8-10(2)23(34)12(4)25(14)36-24(13)11(3)22(9)33;2*1-2/h7-8,33H,5-6,31H2,1-4H3,(H,32,35);2*1-2H3. The molecule has 10 heteroatoms. The van der Waals surface area contributed by atoms with Crippen LogP contribution < -0.4 is 16.5 Å². The van der Waals surface area contributed by atoms with Crippen molar-refractivity contribution in [1.29, 1.82) is 0 Å². The summed E-state index contributed by atoms with van der Waals surface area (Å²) in [5, 5.41) is 13.7. The molecule has 4 rings (SSSR count). The molecule has 1 aliphatic carbocycles. The number of aryl methyl sites for hydroxylation is 3. The van der Waals surface area contributed by atoms with Crippen LogP contribution in [0.1, 0.15) is 60.3 Å². The first-order chi connectivity index (χ1) is 18.9. The second-order valence-electron chi connectivity index (χ2n) is 8.60. The van der Waals surface area contributed by atoms with Gasteiger partial charge in [-0.3, -0.25) is 9.59 Å². The number of benzene rings is 3. The molecule has 2 aromatic rings. The molecule has 0 fully saturated rings. The smallest absolute Gasteiger partial charge is 0.253 e. The van der Waals surface area contributed by atoms with Crippen molar-refractivity contribution >= 4 is 63.3 Å². The van der Waals surface area contributed by atoms with Gasteiger partial charge < -0.3 is 20.6 Å². The molecule has 1 heterocycles. The number of hydrogen-bond acceptors (Lipinski definition) is 5.